The highest BCUT2D eigenvalue weighted by atomic mass is 14.9. The molecule has 1 unspecified atom stereocenters. The predicted octanol–water partition coefficient (Wildman–Crippen LogP) is 2.65. The van der Waals surface area contributed by atoms with Crippen molar-refractivity contribution in [2.24, 2.45) is 17.6 Å². The van der Waals surface area contributed by atoms with Gasteiger partial charge in [-0.05, 0) is 56.6 Å². The van der Waals surface area contributed by atoms with E-state index in [1.807, 2.05) is 24.5 Å². The zero-order valence-electron chi connectivity index (χ0n) is 10.6. The van der Waals surface area contributed by atoms with Gasteiger partial charge >= 0.3 is 0 Å². The number of hydrogen-bond acceptors (Lipinski definition) is 3. The number of nitrogens with zero attached hydrogens (tertiary/aromatic N) is 1. The van der Waals surface area contributed by atoms with E-state index < -0.39 is 0 Å². The van der Waals surface area contributed by atoms with Crippen molar-refractivity contribution < 1.29 is 0 Å². The number of anilines is 1. The molecule has 94 valence electrons. The fourth-order valence-electron chi connectivity index (χ4n) is 2.65. The van der Waals surface area contributed by atoms with Crippen LogP contribution in [0.1, 0.15) is 32.6 Å². The van der Waals surface area contributed by atoms with Gasteiger partial charge in [0.2, 0.25) is 0 Å². The van der Waals surface area contributed by atoms with Gasteiger partial charge in [0.05, 0.1) is 0 Å². The number of pyridine rings is 1. The maximum atomic E-state index is 5.96. The van der Waals surface area contributed by atoms with E-state index in [2.05, 4.69) is 17.2 Å². The van der Waals surface area contributed by atoms with Crippen molar-refractivity contribution in [3.05, 3.63) is 24.5 Å². The Morgan fingerprint density at radius 1 is 1.29 bits per heavy atom. The highest BCUT2D eigenvalue weighted by molar-refractivity contribution is 5.40. The molecule has 1 heterocycles. The minimum atomic E-state index is 0.365. The lowest BCUT2D eigenvalue weighted by Gasteiger charge is -2.30. The first kappa shape index (κ1) is 12.4. The lowest BCUT2D eigenvalue weighted by Crippen LogP contribution is -2.31. The molecule has 0 radical (unpaired) electrons. The molecule has 1 aliphatic rings. The molecule has 0 aliphatic heterocycles. The molecule has 0 amide bonds. The van der Waals surface area contributed by atoms with Crippen molar-refractivity contribution >= 4 is 5.69 Å². The average Bonchev–Trinajstić information content (AvgIpc) is 2.38. The maximum Gasteiger partial charge on any atom is 0.0371 e. The molecule has 0 bridgehead atoms. The van der Waals surface area contributed by atoms with Crippen molar-refractivity contribution in [3.63, 3.8) is 0 Å². The third kappa shape index (κ3) is 3.70. The molecule has 1 aliphatic carbocycles. The van der Waals surface area contributed by atoms with Crippen LogP contribution in [-0.4, -0.2) is 17.6 Å². The van der Waals surface area contributed by atoms with E-state index in [0.717, 1.165) is 18.4 Å². The summed E-state index contributed by atoms with van der Waals surface area (Å²) >= 11 is 0. The van der Waals surface area contributed by atoms with E-state index >= 15 is 0 Å². The summed E-state index contributed by atoms with van der Waals surface area (Å²) in [5.74, 6) is 1.55. The molecule has 0 aromatic carbocycles. The first-order valence-electron chi connectivity index (χ1n) is 6.65. The Labute approximate surface area is 104 Å². The van der Waals surface area contributed by atoms with Crippen LogP contribution in [0.4, 0.5) is 5.69 Å². The van der Waals surface area contributed by atoms with Crippen LogP contribution in [0.3, 0.4) is 0 Å². The second-order valence-corrected chi connectivity index (χ2v) is 5.26. The van der Waals surface area contributed by atoms with Gasteiger partial charge in [0, 0.05) is 30.7 Å². The highest BCUT2D eigenvalue weighted by Crippen LogP contribution is 2.30. The van der Waals surface area contributed by atoms with Gasteiger partial charge in [-0.3, -0.25) is 4.98 Å². The smallest absolute Gasteiger partial charge is 0.0371 e. The largest absolute Gasteiger partial charge is 0.385 e. The Balaban J connectivity index is 1.72. The molecule has 3 nitrogen and oxygen atoms in total. The van der Waals surface area contributed by atoms with Crippen LogP contribution >= 0.6 is 0 Å². The minimum Gasteiger partial charge on any atom is -0.385 e. The van der Waals surface area contributed by atoms with Gasteiger partial charge in [-0.2, -0.15) is 0 Å². The van der Waals surface area contributed by atoms with Gasteiger partial charge in [-0.1, -0.05) is 0 Å². The number of hydrogen-bond donors (Lipinski definition) is 2. The van der Waals surface area contributed by atoms with Crippen molar-refractivity contribution in [1.82, 2.24) is 4.98 Å². The standard InChI is InChI=1S/C14H23N3/c1-11(15)13-4-2-12(3-5-13)10-17-14-6-8-16-9-7-14/h6-9,11-13H,2-5,10,15H2,1H3,(H,16,17). The van der Waals surface area contributed by atoms with Crippen molar-refractivity contribution in [1.29, 1.82) is 0 Å². The normalized spacial score (nSPS) is 26.5. The Morgan fingerprint density at radius 3 is 2.53 bits per heavy atom. The zero-order valence-corrected chi connectivity index (χ0v) is 10.6. The van der Waals surface area contributed by atoms with Crippen molar-refractivity contribution in [3.8, 4) is 0 Å². The SMILES string of the molecule is CC(N)C1CCC(CNc2ccncc2)CC1. The van der Waals surface area contributed by atoms with Gasteiger partial charge in [-0.25, -0.2) is 0 Å². The fraction of sp³-hybridized carbons (Fsp3) is 0.643. The number of nitrogens with one attached hydrogen (secondary N) is 1. The third-order valence-corrected chi connectivity index (χ3v) is 3.91. The summed E-state index contributed by atoms with van der Waals surface area (Å²) in [6.07, 6.45) is 8.86. The fourth-order valence-corrected chi connectivity index (χ4v) is 2.65. The molecule has 2 rings (SSSR count). The van der Waals surface area contributed by atoms with E-state index in [1.165, 1.54) is 31.4 Å². The van der Waals surface area contributed by atoms with Gasteiger partial charge < -0.3 is 11.1 Å². The molecule has 1 saturated carbocycles. The monoisotopic (exact) mass is 233 g/mol. The summed E-state index contributed by atoms with van der Waals surface area (Å²) in [4.78, 5) is 4.02. The zero-order chi connectivity index (χ0) is 12.1. The summed E-state index contributed by atoms with van der Waals surface area (Å²) in [7, 11) is 0. The molecule has 3 N–H and O–H groups in total. The van der Waals surface area contributed by atoms with Gasteiger partial charge in [0.15, 0.2) is 0 Å². The number of rotatable bonds is 4. The average molecular weight is 233 g/mol. The maximum absolute atomic E-state index is 5.96. The summed E-state index contributed by atoms with van der Waals surface area (Å²) < 4.78 is 0. The lowest BCUT2D eigenvalue weighted by molar-refractivity contribution is 0.257. The Bertz CT molecular complexity index is 315. The van der Waals surface area contributed by atoms with Crippen LogP contribution in [-0.2, 0) is 0 Å². The molecular formula is C14H23N3. The van der Waals surface area contributed by atoms with E-state index in [9.17, 15) is 0 Å². The van der Waals surface area contributed by atoms with E-state index in [0.29, 0.717) is 6.04 Å². The van der Waals surface area contributed by atoms with Crippen molar-refractivity contribution in [2.45, 2.75) is 38.6 Å². The van der Waals surface area contributed by atoms with Crippen LogP contribution in [0.25, 0.3) is 0 Å². The molecule has 1 atom stereocenters. The van der Waals surface area contributed by atoms with Crippen LogP contribution in [0.2, 0.25) is 0 Å². The van der Waals surface area contributed by atoms with E-state index in [4.69, 9.17) is 5.73 Å². The van der Waals surface area contributed by atoms with Crippen LogP contribution in [0, 0.1) is 11.8 Å². The van der Waals surface area contributed by atoms with Gasteiger partial charge in [0.25, 0.3) is 0 Å². The Hall–Kier alpha value is -1.09. The summed E-state index contributed by atoms with van der Waals surface area (Å²) in [5, 5.41) is 3.49. The first-order chi connectivity index (χ1) is 8.25. The molecule has 0 saturated heterocycles. The molecule has 3 heteroatoms. The van der Waals surface area contributed by atoms with Crippen LogP contribution < -0.4 is 11.1 Å². The minimum absolute atomic E-state index is 0.365. The Morgan fingerprint density at radius 2 is 1.94 bits per heavy atom. The van der Waals surface area contributed by atoms with Crippen molar-refractivity contribution in [2.75, 3.05) is 11.9 Å². The third-order valence-electron chi connectivity index (χ3n) is 3.91. The second-order valence-electron chi connectivity index (χ2n) is 5.26. The molecule has 17 heavy (non-hydrogen) atoms. The quantitative estimate of drug-likeness (QED) is 0.840. The van der Waals surface area contributed by atoms with Gasteiger partial charge in [0.1, 0.15) is 0 Å². The van der Waals surface area contributed by atoms with Crippen LogP contribution in [0.15, 0.2) is 24.5 Å². The molecule has 1 aromatic heterocycles. The molecule has 1 fully saturated rings. The first-order valence-corrected chi connectivity index (χ1v) is 6.65. The van der Waals surface area contributed by atoms with E-state index in [1.54, 1.807) is 0 Å². The second kappa shape index (κ2) is 6.01. The topological polar surface area (TPSA) is 50.9 Å². The predicted molar refractivity (Wildman–Crippen MR) is 71.8 cm³/mol. The van der Waals surface area contributed by atoms with E-state index in [-0.39, 0.29) is 0 Å². The number of aromatic nitrogens is 1. The number of nitrogens with two attached hydrogens (primary N) is 1. The highest BCUT2D eigenvalue weighted by Gasteiger charge is 2.23. The molecule has 0 spiro atoms. The Kier molecular flexibility index (Phi) is 4.37. The molecular weight excluding hydrogens is 210 g/mol. The molecule has 1 aromatic rings. The van der Waals surface area contributed by atoms with Crippen LogP contribution in [0.5, 0.6) is 0 Å². The summed E-state index contributed by atoms with van der Waals surface area (Å²) in [5.41, 5.74) is 7.13. The summed E-state index contributed by atoms with van der Waals surface area (Å²) in [6.45, 7) is 3.22. The lowest BCUT2D eigenvalue weighted by atomic mass is 9.79. The van der Waals surface area contributed by atoms with Gasteiger partial charge in [-0.15, -0.1) is 0 Å². The summed E-state index contributed by atoms with van der Waals surface area (Å²) in [6, 6.07) is 4.41.